The minimum atomic E-state index is -0.209. The lowest BCUT2D eigenvalue weighted by Gasteiger charge is -2.15. The number of ether oxygens (including phenoxy) is 1. The van der Waals surface area contributed by atoms with Crippen LogP contribution in [0, 0.1) is 0 Å². The van der Waals surface area contributed by atoms with E-state index in [0.717, 1.165) is 5.76 Å². The second kappa shape index (κ2) is 5.56. The molecule has 0 unspecified atom stereocenters. The standard InChI is InChI=1S/C11H17NO3/c1-9(2)15-11(13)8-12(3)7-10-5-4-6-14-10/h4-6,9H,7-8H2,1-3H3. The van der Waals surface area contributed by atoms with Gasteiger partial charge in [-0.1, -0.05) is 0 Å². The SMILES string of the molecule is CC(C)OC(=O)CN(C)Cc1ccco1. The van der Waals surface area contributed by atoms with Gasteiger partial charge in [-0.2, -0.15) is 0 Å². The summed E-state index contributed by atoms with van der Waals surface area (Å²) in [6.07, 6.45) is 1.56. The van der Waals surface area contributed by atoms with Gasteiger partial charge in [-0.05, 0) is 33.0 Å². The number of hydrogen-bond donors (Lipinski definition) is 0. The number of rotatable bonds is 5. The van der Waals surface area contributed by atoms with Gasteiger partial charge in [0.1, 0.15) is 5.76 Å². The van der Waals surface area contributed by atoms with Crippen LogP contribution in [-0.2, 0) is 16.1 Å². The number of hydrogen-bond acceptors (Lipinski definition) is 4. The summed E-state index contributed by atoms with van der Waals surface area (Å²) in [6, 6.07) is 3.71. The molecule has 0 N–H and O–H groups in total. The fourth-order valence-electron chi connectivity index (χ4n) is 1.25. The van der Waals surface area contributed by atoms with Crippen molar-refractivity contribution in [3.8, 4) is 0 Å². The van der Waals surface area contributed by atoms with E-state index in [2.05, 4.69) is 0 Å². The van der Waals surface area contributed by atoms with Gasteiger partial charge in [-0.3, -0.25) is 9.69 Å². The van der Waals surface area contributed by atoms with Crippen molar-refractivity contribution in [1.82, 2.24) is 4.90 Å². The van der Waals surface area contributed by atoms with Crippen LogP contribution in [0.3, 0.4) is 0 Å². The fourth-order valence-corrected chi connectivity index (χ4v) is 1.25. The van der Waals surface area contributed by atoms with E-state index < -0.39 is 0 Å². The molecule has 1 aromatic rings. The number of esters is 1. The van der Waals surface area contributed by atoms with E-state index in [-0.39, 0.29) is 18.6 Å². The Balaban J connectivity index is 2.29. The van der Waals surface area contributed by atoms with Crippen molar-refractivity contribution < 1.29 is 13.9 Å². The zero-order chi connectivity index (χ0) is 11.3. The molecule has 0 atom stereocenters. The molecule has 0 saturated heterocycles. The van der Waals surface area contributed by atoms with Crippen molar-refractivity contribution in [2.45, 2.75) is 26.5 Å². The van der Waals surface area contributed by atoms with E-state index in [4.69, 9.17) is 9.15 Å². The monoisotopic (exact) mass is 211 g/mol. The highest BCUT2D eigenvalue weighted by Crippen LogP contribution is 2.03. The van der Waals surface area contributed by atoms with Crippen LogP contribution in [-0.4, -0.2) is 30.6 Å². The molecule has 15 heavy (non-hydrogen) atoms. The molecule has 4 nitrogen and oxygen atoms in total. The van der Waals surface area contributed by atoms with Gasteiger partial charge in [0.05, 0.1) is 25.5 Å². The molecule has 4 heteroatoms. The minimum absolute atomic E-state index is 0.0606. The quantitative estimate of drug-likeness (QED) is 0.695. The Morgan fingerprint density at radius 1 is 1.60 bits per heavy atom. The minimum Gasteiger partial charge on any atom is -0.468 e. The van der Waals surface area contributed by atoms with Crippen molar-refractivity contribution >= 4 is 5.97 Å². The summed E-state index contributed by atoms with van der Waals surface area (Å²) >= 11 is 0. The third kappa shape index (κ3) is 4.65. The van der Waals surface area contributed by atoms with Gasteiger partial charge in [0, 0.05) is 0 Å². The number of likely N-dealkylation sites (N-methyl/N-ethyl adjacent to an activating group) is 1. The molecule has 1 rings (SSSR count). The first-order chi connectivity index (χ1) is 7.08. The first kappa shape index (κ1) is 11.8. The number of carbonyl (C=O) groups is 1. The van der Waals surface area contributed by atoms with E-state index in [0.29, 0.717) is 6.54 Å². The average Bonchev–Trinajstić information content (AvgIpc) is 2.53. The second-order valence-electron chi connectivity index (χ2n) is 3.79. The van der Waals surface area contributed by atoms with Gasteiger partial charge in [0.25, 0.3) is 0 Å². The Morgan fingerprint density at radius 2 is 2.33 bits per heavy atom. The first-order valence-electron chi connectivity index (χ1n) is 4.98. The normalized spacial score (nSPS) is 11.0. The zero-order valence-electron chi connectivity index (χ0n) is 9.40. The highest BCUT2D eigenvalue weighted by Gasteiger charge is 2.10. The molecular formula is C11H17NO3. The Kier molecular flexibility index (Phi) is 4.37. The van der Waals surface area contributed by atoms with E-state index >= 15 is 0 Å². The van der Waals surface area contributed by atoms with E-state index in [1.165, 1.54) is 0 Å². The Morgan fingerprint density at radius 3 is 2.87 bits per heavy atom. The molecule has 0 aromatic carbocycles. The lowest BCUT2D eigenvalue weighted by molar-refractivity contribution is -0.148. The summed E-state index contributed by atoms with van der Waals surface area (Å²) < 4.78 is 10.2. The molecule has 0 aliphatic carbocycles. The molecule has 0 saturated carbocycles. The van der Waals surface area contributed by atoms with Gasteiger partial charge in [0.2, 0.25) is 0 Å². The van der Waals surface area contributed by atoms with Crippen LogP contribution < -0.4 is 0 Å². The van der Waals surface area contributed by atoms with Crippen molar-refractivity contribution in [2.24, 2.45) is 0 Å². The van der Waals surface area contributed by atoms with Crippen LogP contribution in [0.1, 0.15) is 19.6 Å². The van der Waals surface area contributed by atoms with Crippen LogP contribution in [0.5, 0.6) is 0 Å². The maximum absolute atomic E-state index is 11.3. The Hall–Kier alpha value is -1.29. The summed E-state index contributed by atoms with van der Waals surface area (Å²) in [7, 11) is 1.85. The van der Waals surface area contributed by atoms with Crippen LogP contribution in [0.15, 0.2) is 22.8 Å². The molecule has 84 valence electrons. The van der Waals surface area contributed by atoms with Crippen LogP contribution >= 0.6 is 0 Å². The average molecular weight is 211 g/mol. The molecule has 1 heterocycles. The van der Waals surface area contributed by atoms with E-state index in [9.17, 15) is 4.79 Å². The molecule has 0 spiro atoms. The first-order valence-corrected chi connectivity index (χ1v) is 4.98. The molecule has 0 amide bonds. The molecule has 0 aliphatic heterocycles. The van der Waals surface area contributed by atoms with Crippen molar-refractivity contribution in [3.05, 3.63) is 24.2 Å². The summed E-state index contributed by atoms with van der Waals surface area (Å²) in [6.45, 7) is 4.56. The highest BCUT2D eigenvalue weighted by atomic mass is 16.5. The lowest BCUT2D eigenvalue weighted by atomic mass is 10.4. The third-order valence-corrected chi connectivity index (χ3v) is 1.77. The smallest absolute Gasteiger partial charge is 0.320 e. The fraction of sp³-hybridized carbons (Fsp3) is 0.545. The van der Waals surface area contributed by atoms with Crippen LogP contribution in [0.25, 0.3) is 0 Å². The van der Waals surface area contributed by atoms with Gasteiger partial charge in [-0.25, -0.2) is 0 Å². The van der Waals surface area contributed by atoms with Gasteiger partial charge in [0.15, 0.2) is 0 Å². The largest absolute Gasteiger partial charge is 0.468 e. The summed E-state index contributed by atoms with van der Waals surface area (Å²) in [4.78, 5) is 13.1. The zero-order valence-corrected chi connectivity index (χ0v) is 9.40. The maximum atomic E-state index is 11.3. The van der Waals surface area contributed by atoms with Crippen LogP contribution in [0.2, 0.25) is 0 Å². The van der Waals surface area contributed by atoms with Crippen molar-refractivity contribution in [2.75, 3.05) is 13.6 Å². The molecular weight excluding hydrogens is 194 g/mol. The number of furan rings is 1. The van der Waals surface area contributed by atoms with E-state index in [1.54, 1.807) is 6.26 Å². The van der Waals surface area contributed by atoms with E-state index in [1.807, 2.05) is 37.9 Å². The lowest BCUT2D eigenvalue weighted by Crippen LogP contribution is -2.28. The Bertz CT molecular complexity index is 293. The van der Waals surface area contributed by atoms with Gasteiger partial charge < -0.3 is 9.15 Å². The number of nitrogens with zero attached hydrogens (tertiary/aromatic N) is 1. The molecule has 0 aliphatic rings. The highest BCUT2D eigenvalue weighted by molar-refractivity contribution is 5.71. The predicted molar refractivity (Wildman–Crippen MR) is 56.3 cm³/mol. The number of carbonyl (C=O) groups excluding carboxylic acids is 1. The predicted octanol–water partition coefficient (Wildman–Crippen LogP) is 1.66. The van der Waals surface area contributed by atoms with Gasteiger partial charge in [-0.15, -0.1) is 0 Å². The summed E-state index contributed by atoms with van der Waals surface area (Å²) in [5.41, 5.74) is 0. The third-order valence-electron chi connectivity index (χ3n) is 1.77. The molecule has 1 aromatic heterocycles. The second-order valence-corrected chi connectivity index (χ2v) is 3.79. The van der Waals surface area contributed by atoms with Gasteiger partial charge >= 0.3 is 5.97 Å². The molecule has 0 radical (unpaired) electrons. The molecule has 0 fully saturated rings. The topological polar surface area (TPSA) is 42.7 Å². The maximum Gasteiger partial charge on any atom is 0.320 e. The van der Waals surface area contributed by atoms with Crippen molar-refractivity contribution in [3.63, 3.8) is 0 Å². The van der Waals surface area contributed by atoms with Crippen LogP contribution in [0.4, 0.5) is 0 Å². The van der Waals surface area contributed by atoms with Crippen molar-refractivity contribution in [1.29, 1.82) is 0 Å². The Labute approximate surface area is 89.8 Å². The summed E-state index contributed by atoms with van der Waals surface area (Å²) in [5, 5.41) is 0. The molecule has 0 bridgehead atoms. The summed E-state index contributed by atoms with van der Waals surface area (Å²) in [5.74, 6) is 0.633.